The first-order valence-electron chi connectivity index (χ1n) is 23.7. The number of ether oxygens (including phenoxy) is 2. The molecule has 1 saturated carbocycles. The zero-order valence-corrected chi connectivity index (χ0v) is 43.0. The lowest BCUT2D eigenvalue weighted by molar-refractivity contribution is -0.213. The topological polar surface area (TPSA) is 419 Å². The first-order valence-corrected chi connectivity index (χ1v) is 28.2. The SMILES string of the molecule is CCCCCCCC(=O)OC(COC(=O)CCCCCCCNC(=O)c1ccc(-c2c3ccc(=O)cc-3oc3cc(O)ccc23)c(C(=O)O)c1)COP(=O)(O)OC1C(O)C(O)C(OP(=O)(O)O)C(OP(=O)(O)O)C1O. The molecule has 29 heteroatoms. The second-order valence-corrected chi connectivity index (χ2v) is 21.3. The van der Waals surface area contributed by atoms with Crippen LogP contribution in [0, 0.1) is 0 Å². The van der Waals surface area contributed by atoms with E-state index in [0.717, 1.165) is 19.3 Å². The van der Waals surface area contributed by atoms with Gasteiger partial charge in [-0.1, -0.05) is 57.9 Å². The van der Waals surface area contributed by atoms with Gasteiger partial charge in [-0.15, -0.1) is 0 Å². The maximum Gasteiger partial charge on any atom is 0.472 e. The molecule has 0 aromatic heterocycles. The molecule has 11 N–H and O–H groups in total. The Morgan fingerprint density at radius 1 is 0.680 bits per heavy atom. The number of amides is 1. The van der Waals surface area contributed by atoms with Crippen LogP contribution < -0.4 is 10.7 Å². The molecule has 2 aliphatic carbocycles. The van der Waals surface area contributed by atoms with Crippen LogP contribution in [0.2, 0.25) is 0 Å². The third kappa shape index (κ3) is 18.3. The number of nitrogens with one attached hydrogen (secondary N) is 1. The fourth-order valence-corrected chi connectivity index (χ4v) is 10.3. The molecule has 2 aromatic rings. The van der Waals surface area contributed by atoms with Crippen LogP contribution in [0.1, 0.15) is 105 Å². The quantitative estimate of drug-likeness (QED) is 0.0155. The first-order chi connectivity index (χ1) is 35.3. The van der Waals surface area contributed by atoms with E-state index >= 15 is 0 Å². The van der Waals surface area contributed by atoms with Gasteiger partial charge >= 0.3 is 41.4 Å². The number of phenols is 1. The van der Waals surface area contributed by atoms with Crippen molar-refractivity contribution < 1.29 is 115 Å². The molecule has 26 nitrogen and oxygen atoms in total. The van der Waals surface area contributed by atoms with E-state index in [4.69, 9.17) is 22.9 Å². The highest BCUT2D eigenvalue weighted by Crippen LogP contribution is 2.51. The van der Waals surface area contributed by atoms with Crippen molar-refractivity contribution in [2.75, 3.05) is 19.8 Å². The monoisotopic (exact) mass is 1120 g/mol. The number of unbranched alkanes of at least 4 members (excludes halogenated alkanes) is 8. The van der Waals surface area contributed by atoms with E-state index < -0.39 is 103 Å². The Bertz CT molecular complexity index is 2790. The van der Waals surface area contributed by atoms with E-state index in [1.165, 1.54) is 48.5 Å². The number of hydrogen-bond donors (Lipinski definition) is 11. The number of carbonyl (C=O) groups is 4. The van der Waals surface area contributed by atoms with Gasteiger partial charge in [0.25, 0.3) is 5.91 Å². The fourth-order valence-electron chi connectivity index (χ4n) is 8.16. The van der Waals surface area contributed by atoms with Crippen molar-refractivity contribution in [1.29, 1.82) is 0 Å². The van der Waals surface area contributed by atoms with Gasteiger partial charge in [0.2, 0.25) is 0 Å². The molecular formula is C46H60NO25P3. The second kappa shape index (κ2) is 27.4. The zero-order chi connectivity index (χ0) is 55.3. The van der Waals surface area contributed by atoms with Crippen LogP contribution in [0.3, 0.4) is 0 Å². The molecule has 8 unspecified atom stereocenters. The molecule has 2 aromatic carbocycles. The lowest BCUT2D eigenvalue weighted by atomic mass is 9.85. The number of carboxylic acids is 1. The predicted molar refractivity (Wildman–Crippen MR) is 260 cm³/mol. The molecular weight excluding hydrogens is 1060 g/mol. The molecule has 0 bridgehead atoms. The molecule has 75 heavy (non-hydrogen) atoms. The standard InChI is InChI=1S/C46H60NO25P3/c1-2-3-4-6-10-13-37(51)68-29(25-67-75(64,65)72-42-39(52)40(53)43(70-73(58,59)60)44(41(42)54)71-74(61,62)63)24-66-36(50)12-9-7-5-8-11-20-47-45(55)26-14-17-30(33(21-26)46(56)57)38-31-18-15-27(48)22-34(31)69-35-23-28(49)16-19-32(35)38/h14-19,21-23,29,39-44,48,52-54H,2-13,20,24-25H2,1H3,(H,47,55)(H,56,57)(H,64,65)(H2,58,59,60)(H2,61,62,63). The summed E-state index contributed by atoms with van der Waals surface area (Å²) in [7, 11) is -16.8. The number of carboxylic acid groups (broad SMARTS) is 1. The van der Waals surface area contributed by atoms with Crippen molar-refractivity contribution in [3.63, 3.8) is 0 Å². The number of aromatic hydroxyl groups is 1. The lowest BCUT2D eigenvalue weighted by Gasteiger charge is -2.44. The minimum absolute atomic E-state index is 0.0776. The number of fused-ring (bicyclic) bond motifs is 2. The number of esters is 2. The van der Waals surface area contributed by atoms with Crippen molar-refractivity contribution in [3.05, 3.63) is 75.9 Å². The Labute approximate surface area is 427 Å². The largest absolute Gasteiger partial charge is 0.508 e. The highest BCUT2D eigenvalue weighted by molar-refractivity contribution is 7.47. The number of phenolic OH excluding ortho intramolecular Hbond substituents is 1. The number of rotatable bonds is 29. The molecule has 0 saturated heterocycles. The summed E-state index contributed by atoms with van der Waals surface area (Å²) in [6, 6.07) is 12.6. The number of carbonyl (C=O) groups excluding carboxylic acids is 3. The number of phosphoric ester groups is 3. The second-order valence-electron chi connectivity index (χ2n) is 17.5. The van der Waals surface area contributed by atoms with Gasteiger partial charge in [0.05, 0.1) is 12.2 Å². The van der Waals surface area contributed by atoms with Gasteiger partial charge in [0.15, 0.2) is 11.5 Å². The van der Waals surface area contributed by atoms with Gasteiger partial charge < -0.3 is 69.2 Å². The van der Waals surface area contributed by atoms with Crippen molar-refractivity contribution in [1.82, 2.24) is 5.32 Å². The van der Waals surface area contributed by atoms with Crippen LogP contribution in [-0.4, -0.2) is 136 Å². The van der Waals surface area contributed by atoms with Gasteiger partial charge in [0.1, 0.15) is 60.3 Å². The van der Waals surface area contributed by atoms with Crippen LogP contribution in [0.15, 0.2) is 63.8 Å². The number of aliphatic hydroxyl groups is 3. The minimum atomic E-state index is -5.65. The lowest BCUT2D eigenvalue weighted by Crippen LogP contribution is -2.65. The van der Waals surface area contributed by atoms with Gasteiger partial charge in [-0.25, -0.2) is 18.5 Å². The smallest absolute Gasteiger partial charge is 0.472 e. The number of phosphoric acid groups is 3. The van der Waals surface area contributed by atoms with Crippen LogP contribution in [-0.2, 0) is 50.9 Å². The number of aliphatic hydroxyl groups excluding tert-OH is 3. The van der Waals surface area contributed by atoms with E-state index in [0.29, 0.717) is 61.5 Å². The number of hydrogen-bond acceptors (Lipinski definition) is 19. The summed E-state index contributed by atoms with van der Waals surface area (Å²) in [5.74, 6) is -3.32. The van der Waals surface area contributed by atoms with E-state index in [9.17, 15) is 87.7 Å². The summed E-state index contributed by atoms with van der Waals surface area (Å²) in [5, 5.41) is 55.4. The van der Waals surface area contributed by atoms with Crippen LogP contribution >= 0.6 is 23.5 Å². The molecule has 5 rings (SSSR count). The Balaban J connectivity index is 1.10. The van der Waals surface area contributed by atoms with E-state index in [2.05, 4.69) is 14.4 Å². The maximum atomic E-state index is 13.1. The molecule has 1 heterocycles. The van der Waals surface area contributed by atoms with Gasteiger partial charge in [0, 0.05) is 53.6 Å². The third-order valence-corrected chi connectivity index (χ3v) is 13.8. The Morgan fingerprint density at radius 2 is 1.28 bits per heavy atom. The third-order valence-electron chi connectivity index (χ3n) is 11.7. The Hall–Kier alpha value is -4.98. The fraction of sp³-hybridized carbons (Fsp3) is 0.500. The van der Waals surface area contributed by atoms with Gasteiger partial charge in [-0.3, -0.25) is 37.3 Å². The molecule has 1 amide bonds. The van der Waals surface area contributed by atoms with Crippen LogP contribution in [0.5, 0.6) is 5.75 Å². The van der Waals surface area contributed by atoms with Crippen molar-refractivity contribution in [2.45, 2.75) is 127 Å². The summed E-state index contributed by atoms with van der Waals surface area (Å²) < 4.78 is 70.9. The predicted octanol–water partition coefficient (Wildman–Crippen LogP) is 4.41. The van der Waals surface area contributed by atoms with E-state index in [1.54, 1.807) is 6.07 Å². The van der Waals surface area contributed by atoms with Crippen LogP contribution in [0.4, 0.5) is 0 Å². The van der Waals surface area contributed by atoms with Crippen molar-refractivity contribution in [3.8, 4) is 28.2 Å². The molecule has 1 fully saturated rings. The molecule has 414 valence electrons. The zero-order valence-electron chi connectivity index (χ0n) is 40.3. The van der Waals surface area contributed by atoms with E-state index in [-0.39, 0.29) is 58.6 Å². The van der Waals surface area contributed by atoms with Gasteiger partial charge in [-0.05, 0) is 61.2 Å². The summed E-state index contributed by atoms with van der Waals surface area (Å²) in [6.07, 6.45) is -10.5. The molecule has 0 spiro atoms. The summed E-state index contributed by atoms with van der Waals surface area (Å²) in [5.41, 5.74) is 0.856. The number of benzene rings is 3. The average Bonchev–Trinajstić information content (AvgIpc) is 3.33. The minimum Gasteiger partial charge on any atom is -0.508 e. The normalized spacial score (nSPS) is 20.3. The Kier molecular flexibility index (Phi) is 22.2. The molecule has 1 aliphatic heterocycles. The highest BCUT2D eigenvalue weighted by Gasteiger charge is 2.56. The van der Waals surface area contributed by atoms with E-state index in [1.807, 2.05) is 6.92 Å². The molecule has 8 atom stereocenters. The summed E-state index contributed by atoms with van der Waals surface area (Å²) in [6.45, 7) is 0.545. The average molecular weight is 1120 g/mol. The molecule has 3 aliphatic rings. The van der Waals surface area contributed by atoms with Crippen molar-refractivity contribution in [2.24, 2.45) is 0 Å². The first kappa shape index (κ1) is 60.9. The van der Waals surface area contributed by atoms with Gasteiger partial charge in [-0.2, -0.15) is 0 Å². The number of aromatic carboxylic acids is 1. The molecule has 0 radical (unpaired) electrons. The highest BCUT2D eigenvalue weighted by atomic mass is 31.2. The summed E-state index contributed by atoms with van der Waals surface area (Å²) >= 11 is 0. The van der Waals surface area contributed by atoms with Crippen molar-refractivity contribution >= 4 is 58.3 Å². The Morgan fingerprint density at radius 3 is 1.93 bits per heavy atom. The van der Waals surface area contributed by atoms with Crippen LogP contribution in [0.25, 0.3) is 33.4 Å². The summed E-state index contributed by atoms with van der Waals surface area (Å²) in [4.78, 5) is 111. The maximum absolute atomic E-state index is 13.1.